The molecule has 0 bridgehead atoms. The fourth-order valence-electron chi connectivity index (χ4n) is 2.73. The van der Waals surface area contributed by atoms with E-state index in [4.69, 9.17) is 9.47 Å². The quantitative estimate of drug-likeness (QED) is 0.401. The van der Waals surface area contributed by atoms with E-state index in [1.165, 1.54) is 18.4 Å². The average molecular weight is 431 g/mol. The Balaban J connectivity index is 1.88. The Morgan fingerprint density at radius 1 is 1.14 bits per heavy atom. The van der Waals surface area contributed by atoms with Crippen LogP contribution >= 0.6 is 23.1 Å². The lowest BCUT2D eigenvalue weighted by Gasteiger charge is -2.08. The number of ether oxygens (including phenoxy) is 2. The third kappa shape index (κ3) is 5.48. The summed E-state index contributed by atoms with van der Waals surface area (Å²) in [6.45, 7) is 2.36. The summed E-state index contributed by atoms with van der Waals surface area (Å²) in [6, 6.07) is 15.6. The number of nitrogens with zero attached hydrogens (tertiary/aromatic N) is 2. The molecule has 1 heterocycles. The molecule has 0 spiro atoms. The molecule has 1 aromatic heterocycles. The number of thiazole rings is 1. The number of carbonyl (C=O) groups excluding carboxylic acids is 2. The van der Waals surface area contributed by atoms with Crippen LogP contribution in [0.4, 0.5) is 0 Å². The van der Waals surface area contributed by atoms with Crippen molar-refractivity contribution in [2.75, 3.05) is 19.5 Å². The molecular weight excluding hydrogens is 408 g/mol. The zero-order valence-corrected chi connectivity index (χ0v) is 17.9. The summed E-state index contributed by atoms with van der Waals surface area (Å²) in [5.74, 6) is 0.651. The van der Waals surface area contributed by atoms with Gasteiger partial charge in [-0.25, -0.2) is 0 Å². The topological polar surface area (TPSA) is 69.9 Å². The molecule has 29 heavy (non-hydrogen) atoms. The Labute approximate surface area is 177 Å². The number of esters is 1. The molecular formula is C21H22N2O4S2. The second-order valence-electron chi connectivity index (χ2n) is 6.00. The summed E-state index contributed by atoms with van der Waals surface area (Å²) in [5.41, 5.74) is 0.745. The second-order valence-corrected chi connectivity index (χ2v) is 8.18. The van der Waals surface area contributed by atoms with E-state index in [9.17, 15) is 9.59 Å². The molecule has 152 valence electrons. The van der Waals surface area contributed by atoms with Crippen LogP contribution in [-0.2, 0) is 20.9 Å². The lowest BCUT2D eigenvalue weighted by molar-refractivity contribution is -0.141. The average Bonchev–Trinajstić information content (AvgIpc) is 3.06. The monoisotopic (exact) mass is 430 g/mol. The van der Waals surface area contributed by atoms with Gasteiger partial charge in [-0.15, -0.1) is 11.8 Å². The maximum absolute atomic E-state index is 12.5. The van der Waals surface area contributed by atoms with Crippen molar-refractivity contribution in [3.8, 4) is 5.75 Å². The Hall–Kier alpha value is -2.58. The number of carbonyl (C=O) groups is 2. The van der Waals surface area contributed by atoms with E-state index in [-0.39, 0.29) is 12.5 Å². The highest BCUT2D eigenvalue weighted by molar-refractivity contribution is 7.99. The van der Waals surface area contributed by atoms with Crippen LogP contribution in [0.15, 0.2) is 58.4 Å². The summed E-state index contributed by atoms with van der Waals surface area (Å²) in [5, 5.41) is 0. The Morgan fingerprint density at radius 3 is 2.66 bits per heavy atom. The molecule has 0 aliphatic rings. The van der Waals surface area contributed by atoms with E-state index < -0.39 is 5.97 Å². The number of rotatable bonds is 8. The van der Waals surface area contributed by atoms with Crippen molar-refractivity contribution in [3.63, 3.8) is 0 Å². The van der Waals surface area contributed by atoms with Gasteiger partial charge in [0.25, 0.3) is 0 Å². The molecule has 0 saturated heterocycles. The van der Waals surface area contributed by atoms with E-state index in [0.29, 0.717) is 29.3 Å². The number of hydrogen-bond donors (Lipinski definition) is 0. The van der Waals surface area contributed by atoms with Gasteiger partial charge in [-0.05, 0) is 31.2 Å². The Bertz CT molecular complexity index is 1060. The first-order chi connectivity index (χ1) is 14.1. The van der Waals surface area contributed by atoms with Gasteiger partial charge in [0.2, 0.25) is 5.91 Å². The van der Waals surface area contributed by atoms with Crippen LogP contribution in [0.3, 0.4) is 0 Å². The van der Waals surface area contributed by atoms with Crippen LogP contribution in [0.5, 0.6) is 5.75 Å². The third-order valence-corrected chi connectivity index (χ3v) is 6.08. The Morgan fingerprint density at radius 2 is 1.93 bits per heavy atom. The molecule has 0 radical (unpaired) electrons. The van der Waals surface area contributed by atoms with E-state index in [0.717, 1.165) is 15.1 Å². The SMILES string of the molecule is CCOc1cccc2sc(=NC(=O)CCSc3ccccc3)n(CC(=O)OC)c12. The Kier molecular flexibility index (Phi) is 7.48. The van der Waals surface area contributed by atoms with Crippen molar-refractivity contribution in [1.82, 2.24) is 4.57 Å². The number of para-hydroxylation sites is 1. The first-order valence-electron chi connectivity index (χ1n) is 9.19. The van der Waals surface area contributed by atoms with Crippen molar-refractivity contribution in [1.29, 1.82) is 0 Å². The van der Waals surface area contributed by atoms with Crippen molar-refractivity contribution in [3.05, 3.63) is 53.3 Å². The standard InChI is InChI=1S/C21H22N2O4S2/c1-3-27-16-10-7-11-17-20(16)23(14-19(25)26-2)21(29-17)22-18(24)12-13-28-15-8-5-4-6-9-15/h4-11H,3,12-14H2,1-2H3. The predicted molar refractivity (Wildman–Crippen MR) is 115 cm³/mol. The highest BCUT2D eigenvalue weighted by Gasteiger charge is 2.15. The first kappa shape index (κ1) is 21.1. The van der Waals surface area contributed by atoms with Gasteiger partial charge in [0.15, 0.2) is 4.80 Å². The molecule has 6 nitrogen and oxygen atoms in total. The van der Waals surface area contributed by atoms with Crippen molar-refractivity contribution >= 4 is 45.2 Å². The number of hydrogen-bond acceptors (Lipinski definition) is 6. The fourth-order valence-corrected chi connectivity index (χ4v) is 4.66. The summed E-state index contributed by atoms with van der Waals surface area (Å²) < 4.78 is 13.1. The van der Waals surface area contributed by atoms with Gasteiger partial charge in [-0.2, -0.15) is 4.99 Å². The van der Waals surface area contributed by atoms with Crippen LogP contribution < -0.4 is 9.54 Å². The number of aromatic nitrogens is 1. The zero-order chi connectivity index (χ0) is 20.6. The van der Waals surface area contributed by atoms with Crippen LogP contribution in [0.25, 0.3) is 10.2 Å². The van der Waals surface area contributed by atoms with E-state index in [1.54, 1.807) is 16.3 Å². The maximum Gasteiger partial charge on any atom is 0.325 e. The molecule has 2 aromatic carbocycles. The zero-order valence-electron chi connectivity index (χ0n) is 16.3. The van der Waals surface area contributed by atoms with Crippen molar-refractivity contribution in [2.24, 2.45) is 4.99 Å². The van der Waals surface area contributed by atoms with Crippen LogP contribution in [0.2, 0.25) is 0 Å². The minimum absolute atomic E-state index is 0.0362. The van der Waals surface area contributed by atoms with Gasteiger partial charge in [0.05, 0.1) is 18.4 Å². The highest BCUT2D eigenvalue weighted by Crippen LogP contribution is 2.27. The summed E-state index contributed by atoms with van der Waals surface area (Å²) >= 11 is 2.97. The summed E-state index contributed by atoms with van der Waals surface area (Å²) in [6.07, 6.45) is 0.310. The maximum atomic E-state index is 12.5. The van der Waals surface area contributed by atoms with Crippen LogP contribution in [0, 0.1) is 0 Å². The number of amides is 1. The molecule has 0 unspecified atom stereocenters. The number of thioether (sulfide) groups is 1. The van der Waals surface area contributed by atoms with Crippen LogP contribution in [-0.4, -0.2) is 35.9 Å². The van der Waals surface area contributed by atoms with E-state index >= 15 is 0 Å². The molecule has 0 saturated carbocycles. The summed E-state index contributed by atoms with van der Waals surface area (Å²) in [4.78, 5) is 30.3. The van der Waals surface area contributed by atoms with Gasteiger partial charge in [-0.1, -0.05) is 35.6 Å². The molecule has 3 aromatic rings. The van der Waals surface area contributed by atoms with Gasteiger partial charge in [0, 0.05) is 17.1 Å². The van der Waals surface area contributed by atoms with E-state index in [2.05, 4.69) is 4.99 Å². The van der Waals surface area contributed by atoms with Crippen molar-refractivity contribution in [2.45, 2.75) is 24.8 Å². The first-order valence-corrected chi connectivity index (χ1v) is 11.0. The minimum atomic E-state index is -0.412. The number of fused-ring (bicyclic) bond motifs is 1. The lowest BCUT2D eigenvalue weighted by atomic mass is 10.3. The smallest absolute Gasteiger partial charge is 0.325 e. The minimum Gasteiger partial charge on any atom is -0.492 e. The van der Waals surface area contributed by atoms with Crippen LogP contribution in [0.1, 0.15) is 13.3 Å². The van der Waals surface area contributed by atoms with Gasteiger partial charge in [-0.3, -0.25) is 9.59 Å². The molecule has 0 aliphatic heterocycles. The molecule has 0 fully saturated rings. The molecule has 1 amide bonds. The van der Waals surface area contributed by atoms with E-state index in [1.807, 2.05) is 55.5 Å². The highest BCUT2D eigenvalue weighted by atomic mass is 32.2. The van der Waals surface area contributed by atoms with Gasteiger partial charge in [0.1, 0.15) is 17.8 Å². The fraction of sp³-hybridized carbons (Fsp3) is 0.286. The predicted octanol–water partition coefficient (Wildman–Crippen LogP) is 3.88. The number of methoxy groups -OCH3 is 1. The molecule has 0 aliphatic carbocycles. The molecule has 3 rings (SSSR count). The largest absolute Gasteiger partial charge is 0.492 e. The lowest BCUT2D eigenvalue weighted by Crippen LogP contribution is -2.22. The van der Waals surface area contributed by atoms with Crippen molar-refractivity contribution < 1.29 is 19.1 Å². The molecule has 8 heteroatoms. The molecule has 0 atom stereocenters. The van der Waals surface area contributed by atoms with Gasteiger partial charge >= 0.3 is 5.97 Å². The third-order valence-electron chi connectivity index (χ3n) is 4.03. The van der Waals surface area contributed by atoms with Gasteiger partial charge < -0.3 is 14.0 Å². The number of benzene rings is 2. The summed E-state index contributed by atoms with van der Waals surface area (Å²) in [7, 11) is 1.34. The second kappa shape index (κ2) is 10.3. The molecule has 0 N–H and O–H groups in total. The normalized spacial score (nSPS) is 11.6.